The number of furan rings is 1. The molecule has 1 atom stereocenters. The highest BCUT2D eigenvalue weighted by molar-refractivity contribution is 6.43. The summed E-state index contributed by atoms with van der Waals surface area (Å²) in [6.45, 7) is 2.12. The monoisotopic (exact) mass is 463 g/mol. The van der Waals surface area contributed by atoms with Crippen LogP contribution in [0.25, 0.3) is 33.9 Å². The summed E-state index contributed by atoms with van der Waals surface area (Å²) in [5, 5.41) is 11.6. The van der Waals surface area contributed by atoms with E-state index in [-0.39, 0.29) is 5.92 Å². The van der Waals surface area contributed by atoms with Crippen LogP contribution in [0.5, 0.6) is 0 Å². The Morgan fingerprint density at radius 1 is 1.09 bits per heavy atom. The molecule has 1 unspecified atom stereocenters. The fourth-order valence-corrected chi connectivity index (χ4v) is 4.81. The molecule has 0 amide bonds. The first-order valence-electron chi connectivity index (χ1n) is 10.3. The molecule has 1 aliphatic rings. The van der Waals surface area contributed by atoms with Crippen molar-refractivity contribution in [2.75, 3.05) is 0 Å². The molecule has 1 N–H and O–H groups in total. The van der Waals surface area contributed by atoms with Gasteiger partial charge in [-0.25, -0.2) is 9.78 Å². The van der Waals surface area contributed by atoms with E-state index in [1.807, 2.05) is 54.6 Å². The second-order valence-corrected chi connectivity index (χ2v) is 8.91. The molecular weight excluding hydrogens is 445 g/mol. The van der Waals surface area contributed by atoms with Crippen LogP contribution >= 0.6 is 23.2 Å². The predicted octanol–water partition coefficient (Wildman–Crippen LogP) is 7.62. The number of aromatic carboxylic acids is 1. The fraction of sp³-hybridized carbons (Fsp3) is 0.154. The molecule has 0 fully saturated rings. The highest BCUT2D eigenvalue weighted by atomic mass is 35.5. The zero-order valence-electron chi connectivity index (χ0n) is 17.2. The lowest BCUT2D eigenvalue weighted by molar-refractivity contribution is 0.0697. The van der Waals surface area contributed by atoms with E-state index in [9.17, 15) is 9.90 Å². The topological polar surface area (TPSA) is 63.3 Å². The highest BCUT2D eigenvalue weighted by Gasteiger charge is 2.28. The molecule has 4 nitrogen and oxygen atoms in total. The van der Waals surface area contributed by atoms with E-state index < -0.39 is 5.97 Å². The number of rotatable bonds is 3. The van der Waals surface area contributed by atoms with E-state index in [4.69, 9.17) is 32.6 Å². The Bertz CT molecular complexity index is 1400. The number of carbonyl (C=O) groups is 1. The lowest BCUT2D eigenvalue weighted by Gasteiger charge is -2.25. The number of carboxylic acid groups (broad SMARTS) is 1. The lowest BCUT2D eigenvalue weighted by Crippen LogP contribution is -2.17. The molecule has 1 aliphatic carbocycles. The molecule has 6 heteroatoms. The first-order valence-corrected chi connectivity index (χ1v) is 11.1. The number of nitrogens with zero attached hydrogens (tertiary/aromatic N) is 1. The fourth-order valence-electron chi connectivity index (χ4n) is 4.42. The molecule has 0 bridgehead atoms. The van der Waals surface area contributed by atoms with Gasteiger partial charge in [-0.05, 0) is 66.3 Å². The van der Waals surface area contributed by atoms with Gasteiger partial charge in [-0.15, -0.1) is 0 Å². The molecule has 160 valence electrons. The summed E-state index contributed by atoms with van der Waals surface area (Å²) in [5.41, 5.74) is 4.22. The van der Waals surface area contributed by atoms with Crippen molar-refractivity contribution in [2.24, 2.45) is 5.92 Å². The average molecular weight is 464 g/mol. The Morgan fingerprint density at radius 3 is 2.72 bits per heavy atom. The van der Waals surface area contributed by atoms with E-state index >= 15 is 0 Å². The molecule has 0 spiro atoms. The second kappa shape index (κ2) is 8.12. The Morgan fingerprint density at radius 2 is 1.91 bits per heavy atom. The Hall–Kier alpha value is -3.08. The van der Waals surface area contributed by atoms with Crippen molar-refractivity contribution < 1.29 is 14.3 Å². The minimum atomic E-state index is -0.927. The SMILES string of the molecule is CC1C/C(=C\c2ccc(-c3cccc(Cl)c3Cl)o2)c2nc3ccccc3c(C(=O)O)c2C1. The third kappa shape index (κ3) is 3.60. The zero-order chi connectivity index (χ0) is 22.4. The first-order chi connectivity index (χ1) is 15.4. The van der Waals surface area contributed by atoms with Gasteiger partial charge >= 0.3 is 5.97 Å². The number of hydrogen-bond acceptors (Lipinski definition) is 3. The number of hydrogen-bond donors (Lipinski definition) is 1. The molecule has 2 heterocycles. The smallest absolute Gasteiger partial charge is 0.336 e. The molecule has 0 radical (unpaired) electrons. The number of pyridine rings is 1. The summed E-state index contributed by atoms with van der Waals surface area (Å²) in [5.74, 6) is 0.625. The maximum absolute atomic E-state index is 12.2. The van der Waals surface area contributed by atoms with Crippen LogP contribution in [0.3, 0.4) is 0 Å². The molecule has 0 aliphatic heterocycles. The number of aromatic nitrogens is 1. The van der Waals surface area contributed by atoms with Crippen LogP contribution in [0.2, 0.25) is 10.0 Å². The molecule has 0 saturated heterocycles. The van der Waals surface area contributed by atoms with Crippen LogP contribution in [-0.4, -0.2) is 16.1 Å². The summed E-state index contributed by atoms with van der Waals surface area (Å²) in [6.07, 6.45) is 3.41. The van der Waals surface area contributed by atoms with Crippen LogP contribution < -0.4 is 0 Å². The molecule has 2 aromatic carbocycles. The third-order valence-corrected chi connectivity index (χ3v) is 6.61. The Kier molecular flexibility index (Phi) is 5.28. The van der Waals surface area contributed by atoms with Crippen molar-refractivity contribution in [1.29, 1.82) is 0 Å². The van der Waals surface area contributed by atoms with E-state index in [1.54, 1.807) is 6.07 Å². The molecule has 4 aromatic rings. The number of fused-ring (bicyclic) bond motifs is 2. The van der Waals surface area contributed by atoms with Gasteiger partial charge in [0, 0.05) is 10.9 Å². The van der Waals surface area contributed by atoms with Crippen LogP contribution in [0.1, 0.15) is 40.7 Å². The van der Waals surface area contributed by atoms with Crippen molar-refractivity contribution >= 4 is 51.7 Å². The number of allylic oxidation sites excluding steroid dienone is 1. The van der Waals surface area contributed by atoms with Gasteiger partial charge in [-0.3, -0.25) is 0 Å². The first kappa shape index (κ1) is 20.8. The minimum Gasteiger partial charge on any atom is -0.478 e. The van der Waals surface area contributed by atoms with E-state index in [1.165, 1.54) is 0 Å². The van der Waals surface area contributed by atoms with Crippen LogP contribution in [0.4, 0.5) is 0 Å². The summed E-state index contributed by atoms with van der Waals surface area (Å²) < 4.78 is 6.06. The molecular formula is C26H19Cl2NO3. The number of para-hydroxylation sites is 1. The van der Waals surface area contributed by atoms with E-state index in [2.05, 4.69) is 6.92 Å². The molecule has 32 heavy (non-hydrogen) atoms. The van der Waals surface area contributed by atoms with Gasteiger partial charge < -0.3 is 9.52 Å². The standard InChI is InChI=1S/C26H19Cl2NO3/c1-14-11-15(13-16-9-10-22(32-16)18-6-4-7-20(27)24(18)28)25-19(12-14)23(26(30)31)17-5-2-3-8-21(17)29-25/h2-10,13-14H,11-12H2,1H3,(H,30,31)/b15-13+. The predicted molar refractivity (Wildman–Crippen MR) is 128 cm³/mol. The average Bonchev–Trinajstić information content (AvgIpc) is 3.22. The number of benzene rings is 2. The van der Waals surface area contributed by atoms with Crippen molar-refractivity contribution in [2.45, 2.75) is 19.8 Å². The normalized spacial score (nSPS) is 17.0. The van der Waals surface area contributed by atoms with E-state index in [0.29, 0.717) is 44.5 Å². The van der Waals surface area contributed by atoms with Crippen molar-refractivity contribution in [3.05, 3.63) is 87.2 Å². The second-order valence-electron chi connectivity index (χ2n) is 8.12. The lowest BCUT2D eigenvalue weighted by atomic mass is 9.81. The summed E-state index contributed by atoms with van der Waals surface area (Å²) in [6, 6.07) is 16.5. The maximum atomic E-state index is 12.2. The highest BCUT2D eigenvalue weighted by Crippen LogP contribution is 2.39. The minimum absolute atomic E-state index is 0.284. The largest absolute Gasteiger partial charge is 0.478 e. The van der Waals surface area contributed by atoms with Crippen molar-refractivity contribution in [1.82, 2.24) is 4.98 Å². The number of carboxylic acids is 1. The quantitative estimate of drug-likeness (QED) is 0.339. The maximum Gasteiger partial charge on any atom is 0.336 e. The van der Waals surface area contributed by atoms with Gasteiger partial charge in [0.25, 0.3) is 0 Å². The van der Waals surface area contributed by atoms with Crippen LogP contribution in [0.15, 0.2) is 59.0 Å². The van der Waals surface area contributed by atoms with Crippen molar-refractivity contribution in [3.63, 3.8) is 0 Å². The molecule has 5 rings (SSSR count). The Balaban J connectivity index is 1.64. The summed E-state index contributed by atoms with van der Waals surface area (Å²) in [4.78, 5) is 17.0. The van der Waals surface area contributed by atoms with Gasteiger partial charge in [0.15, 0.2) is 0 Å². The van der Waals surface area contributed by atoms with E-state index in [0.717, 1.165) is 28.8 Å². The van der Waals surface area contributed by atoms with Gasteiger partial charge in [-0.2, -0.15) is 0 Å². The van der Waals surface area contributed by atoms with Gasteiger partial charge in [0.2, 0.25) is 0 Å². The van der Waals surface area contributed by atoms with Gasteiger partial charge in [0.1, 0.15) is 11.5 Å². The van der Waals surface area contributed by atoms with Crippen LogP contribution in [-0.2, 0) is 6.42 Å². The summed E-state index contributed by atoms with van der Waals surface area (Å²) in [7, 11) is 0. The van der Waals surface area contributed by atoms with Crippen LogP contribution in [0, 0.1) is 5.92 Å². The van der Waals surface area contributed by atoms with Gasteiger partial charge in [-0.1, -0.05) is 54.4 Å². The van der Waals surface area contributed by atoms with Gasteiger partial charge in [0.05, 0.1) is 26.8 Å². The molecule has 0 saturated carbocycles. The van der Waals surface area contributed by atoms with Crippen molar-refractivity contribution in [3.8, 4) is 11.3 Å². The number of halogens is 2. The summed E-state index contributed by atoms with van der Waals surface area (Å²) >= 11 is 12.5. The third-order valence-electron chi connectivity index (χ3n) is 5.79. The zero-order valence-corrected chi connectivity index (χ0v) is 18.7. The molecule has 2 aromatic heterocycles. The Labute approximate surface area is 195 Å².